The highest BCUT2D eigenvalue weighted by Crippen LogP contribution is 2.48. The first-order valence-corrected chi connectivity index (χ1v) is 6.23. The third kappa shape index (κ3) is 1.82. The highest BCUT2D eigenvalue weighted by atomic mass is 16.5. The summed E-state index contributed by atoms with van der Waals surface area (Å²) in [5, 5.41) is 0. The van der Waals surface area contributed by atoms with Crippen LogP contribution >= 0.6 is 0 Å². The van der Waals surface area contributed by atoms with Gasteiger partial charge in [0.1, 0.15) is 11.2 Å². The van der Waals surface area contributed by atoms with Gasteiger partial charge in [0.2, 0.25) is 0 Å². The molecular formula is C14H15N3O2. The molecule has 1 N–H and O–H groups in total. The number of rotatable bonds is 3. The highest BCUT2D eigenvalue weighted by molar-refractivity contribution is 5.85. The zero-order chi connectivity index (χ0) is 13.5. The average Bonchev–Trinajstić information content (AvgIpc) is 3.17. The third-order valence-electron chi connectivity index (χ3n) is 3.62. The Hall–Kier alpha value is -2.17. The molecule has 5 heteroatoms. The van der Waals surface area contributed by atoms with E-state index in [1.807, 2.05) is 19.1 Å². The molecule has 1 aliphatic rings. The summed E-state index contributed by atoms with van der Waals surface area (Å²) in [6.07, 6.45) is 5.05. The molecule has 0 bridgehead atoms. The smallest absolute Gasteiger partial charge is 0.319 e. The molecule has 5 nitrogen and oxygen atoms in total. The number of methoxy groups -OCH3 is 1. The van der Waals surface area contributed by atoms with Gasteiger partial charge in [-0.05, 0) is 31.9 Å². The van der Waals surface area contributed by atoms with Gasteiger partial charge in [-0.3, -0.25) is 9.78 Å². The van der Waals surface area contributed by atoms with E-state index < -0.39 is 5.41 Å². The Balaban J connectivity index is 2.01. The Morgan fingerprint density at radius 1 is 1.37 bits per heavy atom. The van der Waals surface area contributed by atoms with Crippen LogP contribution in [-0.4, -0.2) is 28.0 Å². The lowest BCUT2D eigenvalue weighted by Crippen LogP contribution is -2.23. The van der Waals surface area contributed by atoms with Crippen LogP contribution in [0.5, 0.6) is 0 Å². The van der Waals surface area contributed by atoms with Gasteiger partial charge >= 0.3 is 5.97 Å². The van der Waals surface area contributed by atoms with Crippen LogP contribution in [-0.2, 0) is 14.9 Å². The van der Waals surface area contributed by atoms with E-state index in [1.54, 1.807) is 12.4 Å². The van der Waals surface area contributed by atoms with Crippen LogP contribution in [0.2, 0.25) is 0 Å². The number of nitrogens with one attached hydrogen (secondary N) is 1. The zero-order valence-corrected chi connectivity index (χ0v) is 10.9. The van der Waals surface area contributed by atoms with Crippen molar-refractivity contribution in [1.29, 1.82) is 0 Å². The third-order valence-corrected chi connectivity index (χ3v) is 3.62. The lowest BCUT2D eigenvalue weighted by molar-refractivity contribution is -0.143. The molecule has 19 heavy (non-hydrogen) atoms. The average molecular weight is 257 g/mol. The van der Waals surface area contributed by atoms with E-state index in [9.17, 15) is 4.79 Å². The molecule has 0 aromatic carbocycles. The van der Waals surface area contributed by atoms with Crippen molar-refractivity contribution in [2.75, 3.05) is 7.11 Å². The summed E-state index contributed by atoms with van der Waals surface area (Å²) in [6, 6.07) is 3.81. The van der Waals surface area contributed by atoms with Crippen LogP contribution in [0.25, 0.3) is 11.3 Å². The molecule has 0 atom stereocenters. The van der Waals surface area contributed by atoms with Gasteiger partial charge in [-0.1, -0.05) is 0 Å². The number of nitrogens with zero attached hydrogens (tertiary/aromatic N) is 2. The van der Waals surface area contributed by atoms with Gasteiger partial charge in [0, 0.05) is 23.7 Å². The maximum Gasteiger partial charge on any atom is 0.319 e. The van der Waals surface area contributed by atoms with Crippen LogP contribution in [0.3, 0.4) is 0 Å². The molecule has 0 saturated heterocycles. The van der Waals surface area contributed by atoms with Gasteiger partial charge in [-0.2, -0.15) is 0 Å². The maximum atomic E-state index is 11.9. The molecule has 0 aliphatic heterocycles. The van der Waals surface area contributed by atoms with Crippen molar-refractivity contribution in [2.24, 2.45) is 0 Å². The minimum atomic E-state index is -0.551. The Morgan fingerprint density at radius 2 is 2.05 bits per heavy atom. The fraction of sp³-hybridized carbons (Fsp3) is 0.357. The van der Waals surface area contributed by atoms with Crippen LogP contribution in [0, 0.1) is 6.92 Å². The van der Waals surface area contributed by atoms with Crippen LogP contribution < -0.4 is 0 Å². The van der Waals surface area contributed by atoms with E-state index >= 15 is 0 Å². The fourth-order valence-corrected chi connectivity index (χ4v) is 2.34. The second-order valence-corrected chi connectivity index (χ2v) is 4.87. The predicted molar refractivity (Wildman–Crippen MR) is 69.5 cm³/mol. The van der Waals surface area contributed by atoms with E-state index in [0.717, 1.165) is 29.8 Å². The number of aromatic amines is 1. The summed E-state index contributed by atoms with van der Waals surface area (Å²) in [7, 11) is 1.42. The number of esters is 1. The SMILES string of the molecule is COC(=O)C1(c2nc(-c3ccncc3)c(C)[nH]2)CC1. The van der Waals surface area contributed by atoms with Crippen molar-refractivity contribution in [1.82, 2.24) is 15.0 Å². The van der Waals surface area contributed by atoms with E-state index in [-0.39, 0.29) is 5.97 Å². The molecule has 2 heterocycles. The normalized spacial score (nSPS) is 16.1. The number of carbonyl (C=O) groups is 1. The summed E-state index contributed by atoms with van der Waals surface area (Å²) < 4.78 is 4.88. The van der Waals surface area contributed by atoms with E-state index in [2.05, 4.69) is 15.0 Å². The quantitative estimate of drug-likeness (QED) is 0.854. The van der Waals surface area contributed by atoms with Crippen LogP contribution in [0.15, 0.2) is 24.5 Å². The summed E-state index contributed by atoms with van der Waals surface area (Å²) in [6.45, 7) is 1.96. The van der Waals surface area contributed by atoms with Crippen molar-refractivity contribution >= 4 is 5.97 Å². The van der Waals surface area contributed by atoms with Crippen molar-refractivity contribution in [3.8, 4) is 11.3 Å². The monoisotopic (exact) mass is 257 g/mol. The Labute approximate surface area is 111 Å². The number of hydrogen-bond donors (Lipinski definition) is 1. The van der Waals surface area contributed by atoms with Gasteiger partial charge < -0.3 is 9.72 Å². The molecule has 0 radical (unpaired) electrons. The largest absolute Gasteiger partial charge is 0.468 e. The van der Waals surface area contributed by atoms with Gasteiger partial charge in [-0.15, -0.1) is 0 Å². The Morgan fingerprint density at radius 3 is 2.63 bits per heavy atom. The van der Waals surface area contributed by atoms with Crippen molar-refractivity contribution in [3.63, 3.8) is 0 Å². The number of hydrogen-bond acceptors (Lipinski definition) is 4. The first-order chi connectivity index (χ1) is 9.17. The topological polar surface area (TPSA) is 67.9 Å². The van der Waals surface area contributed by atoms with Crippen LogP contribution in [0.1, 0.15) is 24.4 Å². The molecule has 2 aromatic heterocycles. The number of H-pyrrole nitrogens is 1. The standard InChI is InChI=1S/C14H15N3O2/c1-9-11(10-3-7-15-8-4-10)17-12(16-9)14(5-6-14)13(18)19-2/h3-4,7-8H,5-6H2,1-2H3,(H,16,17). The lowest BCUT2D eigenvalue weighted by atomic mass is 10.1. The van der Waals surface area contributed by atoms with E-state index in [1.165, 1.54) is 7.11 Å². The summed E-state index contributed by atoms with van der Waals surface area (Å²) >= 11 is 0. The number of carbonyl (C=O) groups excluding carboxylic acids is 1. The molecule has 0 unspecified atom stereocenters. The van der Waals surface area contributed by atoms with Crippen molar-refractivity contribution < 1.29 is 9.53 Å². The number of pyridine rings is 1. The molecule has 1 saturated carbocycles. The van der Waals surface area contributed by atoms with Crippen LogP contribution in [0.4, 0.5) is 0 Å². The Bertz CT molecular complexity index is 615. The summed E-state index contributed by atoms with van der Waals surface area (Å²) in [4.78, 5) is 23.7. The first kappa shape index (κ1) is 11.9. The number of aromatic nitrogens is 3. The predicted octanol–water partition coefficient (Wildman–Crippen LogP) is 1.98. The Kier molecular flexibility index (Phi) is 2.62. The minimum Gasteiger partial charge on any atom is -0.468 e. The van der Waals surface area contributed by atoms with Gasteiger partial charge in [0.15, 0.2) is 0 Å². The molecular weight excluding hydrogens is 242 g/mol. The minimum absolute atomic E-state index is 0.206. The fourth-order valence-electron chi connectivity index (χ4n) is 2.34. The molecule has 98 valence electrons. The van der Waals surface area contributed by atoms with Gasteiger partial charge in [0.25, 0.3) is 0 Å². The second-order valence-electron chi connectivity index (χ2n) is 4.87. The molecule has 0 amide bonds. The van der Waals surface area contributed by atoms with E-state index in [0.29, 0.717) is 5.82 Å². The first-order valence-electron chi connectivity index (χ1n) is 6.23. The zero-order valence-electron chi connectivity index (χ0n) is 10.9. The lowest BCUT2D eigenvalue weighted by Gasteiger charge is -2.08. The van der Waals surface area contributed by atoms with Crippen molar-refractivity contribution in [3.05, 3.63) is 36.0 Å². The number of imidazole rings is 1. The summed E-state index contributed by atoms with van der Waals surface area (Å²) in [5.41, 5.74) is 2.27. The van der Waals surface area contributed by atoms with Crippen molar-refractivity contribution in [2.45, 2.75) is 25.2 Å². The van der Waals surface area contributed by atoms with Gasteiger partial charge in [-0.25, -0.2) is 4.98 Å². The van der Waals surface area contributed by atoms with E-state index in [4.69, 9.17) is 4.74 Å². The molecule has 0 spiro atoms. The van der Waals surface area contributed by atoms with Gasteiger partial charge in [0.05, 0.1) is 12.8 Å². The molecule has 1 aliphatic carbocycles. The molecule has 3 rings (SSSR count). The molecule has 2 aromatic rings. The summed E-state index contributed by atoms with van der Waals surface area (Å²) in [5.74, 6) is 0.506. The highest BCUT2D eigenvalue weighted by Gasteiger charge is 2.55. The maximum absolute atomic E-state index is 11.9. The second kappa shape index (κ2) is 4.19. The number of aryl methyl sites for hydroxylation is 1. The molecule has 1 fully saturated rings. The number of ether oxygens (including phenoxy) is 1.